The van der Waals surface area contributed by atoms with Gasteiger partial charge in [-0.2, -0.15) is 5.26 Å². The van der Waals surface area contributed by atoms with Crippen molar-refractivity contribution in [3.63, 3.8) is 0 Å². The van der Waals surface area contributed by atoms with Crippen molar-refractivity contribution in [1.82, 2.24) is 15.0 Å². The van der Waals surface area contributed by atoms with E-state index in [1.54, 1.807) is 24.5 Å². The molecule has 0 amide bonds. The second-order valence-corrected chi connectivity index (χ2v) is 6.88. The first-order valence-electron chi connectivity index (χ1n) is 9.66. The Balaban J connectivity index is 1.53. The van der Waals surface area contributed by atoms with Gasteiger partial charge < -0.3 is 9.80 Å². The summed E-state index contributed by atoms with van der Waals surface area (Å²) in [5.74, 6) is 1.23. The molecule has 7 heteroatoms. The van der Waals surface area contributed by atoms with Crippen molar-refractivity contribution < 1.29 is 4.39 Å². The summed E-state index contributed by atoms with van der Waals surface area (Å²) in [6.07, 6.45) is 4.30. The first-order chi connectivity index (χ1) is 14.2. The lowest BCUT2D eigenvalue weighted by molar-refractivity contribution is 0.595. The molecular weight excluding hydrogens is 367 g/mol. The number of aromatic nitrogens is 3. The van der Waals surface area contributed by atoms with Crippen molar-refractivity contribution >= 4 is 11.5 Å². The van der Waals surface area contributed by atoms with Gasteiger partial charge in [0.15, 0.2) is 5.82 Å². The summed E-state index contributed by atoms with van der Waals surface area (Å²) in [6.45, 7) is 4.90. The van der Waals surface area contributed by atoms with Crippen LogP contribution in [0.1, 0.15) is 18.2 Å². The monoisotopic (exact) mass is 388 g/mol. The van der Waals surface area contributed by atoms with E-state index in [2.05, 4.69) is 21.8 Å². The summed E-state index contributed by atoms with van der Waals surface area (Å²) in [7, 11) is 0. The number of piperazine rings is 1. The van der Waals surface area contributed by atoms with Gasteiger partial charge in [0.05, 0.1) is 17.3 Å². The first kappa shape index (κ1) is 18.8. The average molecular weight is 388 g/mol. The third-order valence-corrected chi connectivity index (χ3v) is 5.09. The number of aryl methyl sites for hydroxylation is 1. The van der Waals surface area contributed by atoms with Gasteiger partial charge in [0.25, 0.3) is 0 Å². The zero-order chi connectivity index (χ0) is 20.2. The van der Waals surface area contributed by atoms with Crippen LogP contribution in [-0.2, 0) is 6.42 Å². The molecule has 1 aliphatic rings. The van der Waals surface area contributed by atoms with E-state index < -0.39 is 0 Å². The molecule has 3 heterocycles. The maximum absolute atomic E-state index is 14.3. The summed E-state index contributed by atoms with van der Waals surface area (Å²) in [4.78, 5) is 17.7. The van der Waals surface area contributed by atoms with Crippen LogP contribution in [0.15, 0.2) is 48.8 Å². The minimum absolute atomic E-state index is 0.335. The van der Waals surface area contributed by atoms with E-state index in [1.165, 1.54) is 6.07 Å². The van der Waals surface area contributed by atoms with Gasteiger partial charge in [-0.25, -0.2) is 14.4 Å². The molecule has 0 atom stereocenters. The molecular formula is C22H21FN6. The van der Waals surface area contributed by atoms with E-state index in [1.807, 2.05) is 29.2 Å². The maximum atomic E-state index is 14.3. The molecule has 146 valence electrons. The number of rotatable bonds is 4. The van der Waals surface area contributed by atoms with Gasteiger partial charge >= 0.3 is 0 Å². The van der Waals surface area contributed by atoms with E-state index in [9.17, 15) is 4.39 Å². The Morgan fingerprint density at radius 3 is 2.38 bits per heavy atom. The van der Waals surface area contributed by atoms with E-state index in [-0.39, 0.29) is 5.82 Å². The molecule has 0 aliphatic carbocycles. The molecule has 1 aromatic carbocycles. The van der Waals surface area contributed by atoms with Gasteiger partial charge in [0.1, 0.15) is 11.6 Å². The summed E-state index contributed by atoms with van der Waals surface area (Å²) in [5, 5.41) is 8.92. The van der Waals surface area contributed by atoms with E-state index in [0.717, 1.165) is 36.6 Å². The van der Waals surface area contributed by atoms with Crippen LogP contribution in [0.4, 0.5) is 15.9 Å². The molecule has 6 nitrogen and oxygen atoms in total. The van der Waals surface area contributed by atoms with Crippen molar-refractivity contribution in [2.45, 2.75) is 13.3 Å². The third-order valence-electron chi connectivity index (χ3n) is 5.09. The van der Waals surface area contributed by atoms with Crippen LogP contribution in [0.5, 0.6) is 0 Å². The smallest absolute Gasteiger partial charge is 0.161 e. The van der Waals surface area contributed by atoms with Crippen molar-refractivity contribution in [2.24, 2.45) is 0 Å². The number of anilines is 2. The number of nitrogens with zero attached hydrogens (tertiary/aromatic N) is 6. The fourth-order valence-electron chi connectivity index (χ4n) is 3.47. The largest absolute Gasteiger partial charge is 0.366 e. The molecule has 4 rings (SSSR count). The maximum Gasteiger partial charge on any atom is 0.161 e. The lowest BCUT2D eigenvalue weighted by Gasteiger charge is -2.37. The van der Waals surface area contributed by atoms with Crippen molar-refractivity contribution in [2.75, 3.05) is 36.0 Å². The van der Waals surface area contributed by atoms with Gasteiger partial charge in [-0.3, -0.25) is 4.98 Å². The molecule has 0 N–H and O–H groups in total. The van der Waals surface area contributed by atoms with E-state index >= 15 is 0 Å². The van der Waals surface area contributed by atoms with Crippen LogP contribution in [0.3, 0.4) is 0 Å². The van der Waals surface area contributed by atoms with E-state index in [0.29, 0.717) is 30.2 Å². The first-order valence-corrected chi connectivity index (χ1v) is 9.66. The van der Waals surface area contributed by atoms with Gasteiger partial charge in [-0.15, -0.1) is 0 Å². The van der Waals surface area contributed by atoms with Crippen LogP contribution >= 0.6 is 0 Å². The highest BCUT2D eigenvalue weighted by Crippen LogP contribution is 2.25. The highest BCUT2D eigenvalue weighted by Gasteiger charge is 2.21. The Bertz CT molecular complexity index is 1040. The highest BCUT2D eigenvalue weighted by atomic mass is 19.1. The van der Waals surface area contributed by atoms with Crippen LogP contribution in [0.2, 0.25) is 0 Å². The van der Waals surface area contributed by atoms with E-state index in [4.69, 9.17) is 10.2 Å². The summed E-state index contributed by atoms with van der Waals surface area (Å²) in [6, 6.07) is 12.4. The Labute approximate surface area is 169 Å². The van der Waals surface area contributed by atoms with Crippen molar-refractivity contribution in [3.8, 4) is 17.5 Å². The average Bonchev–Trinajstić information content (AvgIpc) is 2.79. The summed E-state index contributed by atoms with van der Waals surface area (Å²) >= 11 is 0. The number of nitriles is 1. The number of pyridine rings is 1. The Morgan fingerprint density at radius 2 is 1.72 bits per heavy atom. The minimum Gasteiger partial charge on any atom is -0.366 e. The molecule has 29 heavy (non-hydrogen) atoms. The Hall–Kier alpha value is -3.53. The fourth-order valence-corrected chi connectivity index (χ4v) is 3.47. The molecule has 3 aromatic rings. The van der Waals surface area contributed by atoms with Crippen molar-refractivity contribution in [1.29, 1.82) is 5.26 Å². The van der Waals surface area contributed by atoms with Gasteiger partial charge in [-0.1, -0.05) is 6.92 Å². The van der Waals surface area contributed by atoms with Gasteiger partial charge in [0.2, 0.25) is 0 Å². The quantitative estimate of drug-likeness (QED) is 0.682. The molecule has 1 fully saturated rings. The number of benzene rings is 1. The molecule has 0 radical (unpaired) electrons. The van der Waals surface area contributed by atoms with Crippen LogP contribution in [0.25, 0.3) is 11.4 Å². The second kappa shape index (κ2) is 8.23. The molecule has 1 aliphatic heterocycles. The van der Waals surface area contributed by atoms with Gasteiger partial charge in [-0.05, 0) is 36.8 Å². The van der Waals surface area contributed by atoms with Crippen LogP contribution in [0, 0.1) is 17.1 Å². The number of hydrogen-bond donors (Lipinski definition) is 0. The molecule has 1 saturated heterocycles. The number of hydrogen-bond acceptors (Lipinski definition) is 6. The summed E-state index contributed by atoms with van der Waals surface area (Å²) < 4.78 is 14.3. The standard InChI is InChI=1S/C22H21FN6/c1-2-18-14-21(27-22(26-18)17-5-7-25-8-6-17)29-11-9-28(10-12-29)20-4-3-16(15-24)13-19(20)23/h3-8,13-14H,2,9-12H2,1H3. The summed E-state index contributed by atoms with van der Waals surface area (Å²) in [5.41, 5.74) is 2.80. The molecule has 0 spiro atoms. The zero-order valence-electron chi connectivity index (χ0n) is 16.2. The lowest BCUT2D eigenvalue weighted by Crippen LogP contribution is -2.47. The minimum atomic E-state index is -0.354. The number of halogens is 1. The third kappa shape index (κ3) is 4.02. The Kier molecular flexibility index (Phi) is 5.34. The van der Waals surface area contributed by atoms with Crippen molar-refractivity contribution in [3.05, 3.63) is 65.9 Å². The molecule has 0 unspecified atom stereocenters. The molecule has 2 aromatic heterocycles. The molecule has 0 bridgehead atoms. The highest BCUT2D eigenvalue weighted by molar-refractivity contribution is 5.58. The normalized spacial score (nSPS) is 14.0. The predicted molar refractivity (Wildman–Crippen MR) is 110 cm³/mol. The fraction of sp³-hybridized carbons (Fsp3) is 0.273. The SMILES string of the molecule is CCc1cc(N2CCN(c3ccc(C#N)cc3F)CC2)nc(-c2ccncc2)n1. The molecule has 0 saturated carbocycles. The second-order valence-electron chi connectivity index (χ2n) is 6.88. The predicted octanol–water partition coefficient (Wildman–Crippen LogP) is 3.44. The zero-order valence-corrected chi connectivity index (χ0v) is 16.2. The van der Waals surface area contributed by atoms with Crippen LogP contribution in [-0.4, -0.2) is 41.1 Å². The topological polar surface area (TPSA) is 68.9 Å². The van der Waals surface area contributed by atoms with Crippen LogP contribution < -0.4 is 9.80 Å². The lowest BCUT2D eigenvalue weighted by atomic mass is 10.1. The Morgan fingerprint density at radius 1 is 1.00 bits per heavy atom. The van der Waals surface area contributed by atoms with Gasteiger partial charge in [0, 0.05) is 55.9 Å².